The van der Waals surface area contributed by atoms with Crippen molar-refractivity contribution in [3.05, 3.63) is 0 Å². The monoisotopic (exact) mass is 186 g/mol. The van der Waals surface area contributed by atoms with Crippen molar-refractivity contribution in [3.8, 4) is 0 Å². The molecule has 0 radical (unpaired) electrons. The Labute approximate surface area is 78.7 Å². The average Bonchev–Trinajstić information content (AvgIpc) is 2.92. The van der Waals surface area contributed by atoms with Crippen LogP contribution in [0.3, 0.4) is 0 Å². The molecule has 0 spiro atoms. The van der Waals surface area contributed by atoms with Crippen LogP contribution in [0.25, 0.3) is 0 Å². The normalized spacial score (nSPS) is 15.8. The highest BCUT2D eigenvalue weighted by Gasteiger charge is 2.20. The first-order chi connectivity index (χ1) is 6.33. The molecule has 3 N–H and O–H groups in total. The number of unbranched alkanes of at least 4 members (excludes halogenated alkanes) is 1. The summed E-state index contributed by atoms with van der Waals surface area (Å²) in [6.07, 6.45) is 4.03. The van der Waals surface area contributed by atoms with E-state index < -0.39 is 0 Å². The van der Waals surface area contributed by atoms with Crippen LogP contribution in [0, 0.1) is 0 Å². The van der Waals surface area contributed by atoms with Gasteiger partial charge in [0.15, 0.2) is 0 Å². The van der Waals surface area contributed by atoms with E-state index >= 15 is 0 Å². The van der Waals surface area contributed by atoms with Crippen molar-refractivity contribution >= 4 is 5.91 Å². The van der Waals surface area contributed by atoms with Crippen molar-refractivity contribution < 1.29 is 9.90 Å². The van der Waals surface area contributed by atoms with Gasteiger partial charge < -0.3 is 15.7 Å². The molecule has 0 aromatic carbocycles. The molecule has 13 heavy (non-hydrogen) atoms. The maximum absolute atomic E-state index is 11.1. The molecule has 0 bridgehead atoms. The second kappa shape index (κ2) is 5.94. The average molecular weight is 186 g/mol. The molecule has 1 amide bonds. The lowest BCUT2D eigenvalue weighted by Crippen LogP contribution is -2.35. The van der Waals surface area contributed by atoms with Crippen LogP contribution >= 0.6 is 0 Å². The van der Waals surface area contributed by atoms with Gasteiger partial charge in [0.05, 0.1) is 6.54 Å². The van der Waals surface area contributed by atoms with E-state index in [4.69, 9.17) is 5.11 Å². The summed E-state index contributed by atoms with van der Waals surface area (Å²) in [5.41, 5.74) is 0. The van der Waals surface area contributed by atoms with Gasteiger partial charge in [0, 0.05) is 19.2 Å². The molecule has 76 valence electrons. The molecule has 0 atom stereocenters. The molecule has 4 nitrogen and oxygen atoms in total. The number of aliphatic hydroxyl groups is 1. The Morgan fingerprint density at radius 1 is 1.38 bits per heavy atom. The molecular weight excluding hydrogens is 168 g/mol. The number of rotatable bonds is 7. The van der Waals surface area contributed by atoms with Crippen LogP contribution < -0.4 is 10.6 Å². The van der Waals surface area contributed by atoms with E-state index in [1.165, 1.54) is 12.8 Å². The Bertz CT molecular complexity index is 158. The molecule has 0 aromatic heterocycles. The maximum Gasteiger partial charge on any atom is 0.233 e. The number of carbonyl (C=O) groups is 1. The first-order valence-corrected chi connectivity index (χ1v) is 4.94. The van der Waals surface area contributed by atoms with Gasteiger partial charge in [0.1, 0.15) is 0 Å². The zero-order valence-electron chi connectivity index (χ0n) is 7.88. The minimum absolute atomic E-state index is 0.0600. The zero-order chi connectivity index (χ0) is 9.52. The van der Waals surface area contributed by atoms with Gasteiger partial charge >= 0.3 is 0 Å². The van der Waals surface area contributed by atoms with Gasteiger partial charge in [-0.15, -0.1) is 0 Å². The molecule has 1 rings (SSSR count). The zero-order valence-corrected chi connectivity index (χ0v) is 7.88. The van der Waals surface area contributed by atoms with Gasteiger partial charge in [-0.25, -0.2) is 0 Å². The largest absolute Gasteiger partial charge is 0.396 e. The lowest BCUT2D eigenvalue weighted by Gasteiger charge is -2.04. The SMILES string of the molecule is O=C(CNC1CC1)NCCCCO. The molecule has 1 saturated carbocycles. The van der Waals surface area contributed by atoms with Crippen molar-refractivity contribution in [2.24, 2.45) is 0 Å². The third kappa shape index (κ3) is 5.60. The Morgan fingerprint density at radius 2 is 2.15 bits per heavy atom. The van der Waals surface area contributed by atoms with E-state index in [9.17, 15) is 4.79 Å². The van der Waals surface area contributed by atoms with E-state index in [2.05, 4.69) is 10.6 Å². The van der Waals surface area contributed by atoms with Gasteiger partial charge in [-0.2, -0.15) is 0 Å². The molecule has 1 aliphatic rings. The summed E-state index contributed by atoms with van der Waals surface area (Å²) < 4.78 is 0. The third-order valence-corrected chi connectivity index (χ3v) is 2.04. The topological polar surface area (TPSA) is 61.4 Å². The highest BCUT2D eigenvalue weighted by Crippen LogP contribution is 2.17. The molecule has 0 heterocycles. The van der Waals surface area contributed by atoms with Crippen LogP contribution in [0.2, 0.25) is 0 Å². The quantitative estimate of drug-likeness (QED) is 0.475. The maximum atomic E-state index is 11.1. The predicted octanol–water partition coefficient (Wildman–Crippen LogP) is -0.373. The molecular formula is C9H18N2O2. The van der Waals surface area contributed by atoms with Gasteiger partial charge in [-0.3, -0.25) is 4.79 Å². The fourth-order valence-corrected chi connectivity index (χ4v) is 1.05. The molecule has 0 aromatic rings. The first kappa shape index (κ1) is 10.5. The van der Waals surface area contributed by atoms with E-state index in [1.54, 1.807) is 0 Å². The second-order valence-electron chi connectivity index (χ2n) is 3.44. The van der Waals surface area contributed by atoms with Gasteiger partial charge in [0.2, 0.25) is 5.91 Å². The standard InChI is InChI=1S/C9H18N2O2/c12-6-2-1-5-10-9(13)7-11-8-3-4-8/h8,11-12H,1-7H2,(H,10,13). The van der Waals surface area contributed by atoms with Gasteiger partial charge in [-0.1, -0.05) is 0 Å². The summed E-state index contributed by atoms with van der Waals surface area (Å²) >= 11 is 0. The van der Waals surface area contributed by atoms with Crippen molar-refractivity contribution in [2.75, 3.05) is 19.7 Å². The molecule has 0 saturated heterocycles. The smallest absolute Gasteiger partial charge is 0.233 e. The summed E-state index contributed by atoms with van der Waals surface area (Å²) in [5, 5.41) is 14.4. The second-order valence-corrected chi connectivity index (χ2v) is 3.44. The molecule has 0 unspecified atom stereocenters. The number of nitrogens with one attached hydrogen (secondary N) is 2. The minimum Gasteiger partial charge on any atom is -0.396 e. The van der Waals surface area contributed by atoms with E-state index in [0.717, 1.165) is 12.8 Å². The highest BCUT2D eigenvalue weighted by molar-refractivity contribution is 5.77. The number of hydrogen-bond acceptors (Lipinski definition) is 3. The van der Waals surface area contributed by atoms with Crippen LogP contribution in [0.15, 0.2) is 0 Å². The summed E-state index contributed by atoms with van der Waals surface area (Å²) in [4.78, 5) is 11.1. The third-order valence-electron chi connectivity index (χ3n) is 2.04. The Morgan fingerprint density at radius 3 is 2.77 bits per heavy atom. The molecule has 0 aliphatic heterocycles. The highest BCUT2D eigenvalue weighted by atomic mass is 16.2. The fourth-order valence-electron chi connectivity index (χ4n) is 1.05. The van der Waals surface area contributed by atoms with Crippen molar-refractivity contribution in [2.45, 2.75) is 31.7 Å². The van der Waals surface area contributed by atoms with Crippen LogP contribution in [0.4, 0.5) is 0 Å². The molecule has 1 fully saturated rings. The number of aliphatic hydroxyl groups excluding tert-OH is 1. The minimum atomic E-state index is 0.0600. The van der Waals surface area contributed by atoms with E-state index in [-0.39, 0.29) is 12.5 Å². The van der Waals surface area contributed by atoms with Crippen LogP contribution in [0.5, 0.6) is 0 Å². The van der Waals surface area contributed by atoms with Crippen LogP contribution in [-0.4, -0.2) is 36.8 Å². The van der Waals surface area contributed by atoms with Crippen molar-refractivity contribution in [1.82, 2.24) is 10.6 Å². The summed E-state index contributed by atoms with van der Waals surface area (Å²) in [5.74, 6) is 0.0600. The summed E-state index contributed by atoms with van der Waals surface area (Å²) in [7, 11) is 0. The van der Waals surface area contributed by atoms with Gasteiger partial charge in [-0.05, 0) is 25.7 Å². The van der Waals surface area contributed by atoms with Gasteiger partial charge in [0.25, 0.3) is 0 Å². The van der Waals surface area contributed by atoms with Crippen molar-refractivity contribution in [3.63, 3.8) is 0 Å². The van der Waals surface area contributed by atoms with E-state index in [0.29, 0.717) is 19.1 Å². The van der Waals surface area contributed by atoms with Crippen LogP contribution in [-0.2, 0) is 4.79 Å². The van der Waals surface area contributed by atoms with Crippen LogP contribution in [0.1, 0.15) is 25.7 Å². The number of amides is 1. The lowest BCUT2D eigenvalue weighted by atomic mass is 10.3. The number of carbonyl (C=O) groups excluding carboxylic acids is 1. The fraction of sp³-hybridized carbons (Fsp3) is 0.889. The Balaban J connectivity index is 1.84. The van der Waals surface area contributed by atoms with Crippen molar-refractivity contribution in [1.29, 1.82) is 0 Å². The summed E-state index contributed by atoms with van der Waals surface area (Å²) in [6, 6.07) is 0.586. The molecule has 1 aliphatic carbocycles. The first-order valence-electron chi connectivity index (χ1n) is 4.94. The molecule has 4 heteroatoms. The Kier molecular flexibility index (Phi) is 4.78. The summed E-state index contributed by atoms with van der Waals surface area (Å²) in [6.45, 7) is 1.31. The Hall–Kier alpha value is -0.610. The number of hydrogen-bond donors (Lipinski definition) is 3. The predicted molar refractivity (Wildman–Crippen MR) is 50.4 cm³/mol. The van der Waals surface area contributed by atoms with E-state index in [1.807, 2.05) is 0 Å². The lowest BCUT2D eigenvalue weighted by molar-refractivity contribution is -0.120.